The fourth-order valence-electron chi connectivity index (χ4n) is 1.84. The Labute approximate surface area is 136 Å². The summed E-state index contributed by atoms with van der Waals surface area (Å²) >= 11 is 0. The van der Waals surface area contributed by atoms with E-state index in [4.69, 9.17) is 9.47 Å². The van der Waals surface area contributed by atoms with Gasteiger partial charge in [-0.25, -0.2) is 4.79 Å². The molecule has 0 atom stereocenters. The summed E-state index contributed by atoms with van der Waals surface area (Å²) in [6, 6.07) is 12.5. The van der Waals surface area contributed by atoms with Crippen LogP contribution in [0.1, 0.15) is 22.8 Å². The molecule has 0 saturated heterocycles. The monoisotopic (exact) mass is 331 g/mol. The number of para-hydroxylation sites is 1. The standard InChI is InChI=1S/C16H13NO7/c1-11(18)23-15-9-12(10-22-17(20)21)7-8-14(15)16(19)24-13-5-3-2-4-6-13/h2-9H,10H2,1H3. The molecule has 2 aromatic carbocycles. The van der Waals surface area contributed by atoms with E-state index >= 15 is 0 Å². The molecule has 124 valence electrons. The van der Waals surface area contributed by atoms with Crippen LogP contribution in [0.3, 0.4) is 0 Å². The van der Waals surface area contributed by atoms with Crippen LogP contribution in [-0.4, -0.2) is 17.0 Å². The van der Waals surface area contributed by atoms with Gasteiger partial charge < -0.3 is 14.3 Å². The zero-order valence-electron chi connectivity index (χ0n) is 12.6. The molecule has 0 spiro atoms. The molecule has 2 aromatic rings. The number of carbonyl (C=O) groups is 2. The second kappa shape index (κ2) is 7.73. The van der Waals surface area contributed by atoms with Crippen LogP contribution in [0.4, 0.5) is 0 Å². The Morgan fingerprint density at radius 1 is 1.08 bits per heavy atom. The highest BCUT2D eigenvalue weighted by molar-refractivity contribution is 5.94. The first-order chi connectivity index (χ1) is 11.5. The number of carbonyl (C=O) groups excluding carboxylic acids is 2. The highest BCUT2D eigenvalue weighted by Crippen LogP contribution is 2.23. The molecular formula is C16H13NO7. The van der Waals surface area contributed by atoms with Crippen LogP contribution in [0.15, 0.2) is 48.5 Å². The average molecular weight is 331 g/mol. The third kappa shape index (κ3) is 4.80. The summed E-state index contributed by atoms with van der Waals surface area (Å²) in [5.74, 6) is -1.10. The van der Waals surface area contributed by atoms with Crippen molar-refractivity contribution in [2.75, 3.05) is 0 Å². The summed E-state index contributed by atoms with van der Waals surface area (Å²) in [5, 5.41) is 9.30. The third-order valence-corrected chi connectivity index (χ3v) is 2.81. The minimum absolute atomic E-state index is 0.0129. The van der Waals surface area contributed by atoms with Crippen LogP contribution in [0.2, 0.25) is 0 Å². The highest BCUT2D eigenvalue weighted by Gasteiger charge is 2.17. The molecule has 0 N–H and O–H groups in total. The summed E-state index contributed by atoms with van der Waals surface area (Å²) in [7, 11) is 0. The smallest absolute Gasteiger partial charge is 0.347 e. The first-order valence-electron chi connectivity index (χ1n) is 6.81. The molecule has 2 rings (SSSR count). The second-order valence-electron chi connectivity index (χ2n) is 4.62. The number of nitrogens with zero attached hydrogens (tertiary/aromatic N) is 1. The Bertz CT molecular complexity index is 758. The van der Waals surface area contributed by atoms with E-state index in [9.17, 15) is 19.7 Å². The van der Waals surface area contributed by atoms with Crippen LogP contribution in [-0.2, 0) is 16.2 Å². The van der Waals surface area contributed by atoms with Gasteiger partial charge in [-0.15, -0.1) is 10.1 Å². The number of hydrogen-bond donors (Lipinski definition) is 0. The molecule has 0 fully saturated rings. The van der Waals surface area contributed by atoms with Gasteiger partial charge in [-0.3, -0.25) is 4.79 Å². The van der Waals surface area contributed by atoms with Gasteiger partial charge in [0.05, 0.1) is 0 Å². The van der Waals surface area contributed by atoms with Crippen LogP contribution >= 0.6 is 0 Å². The number of benzene rings is 2. The lowest BCUT2D eigenvalue weighted by Gasteiger charge is -2.10. The van der Waals surface area contributed by atoms with Crippen LogP contribution < -0.4 is 9.47 Å². The van der Waals surface area contributed by atoms with E-state index in [1.165, 1.54) is 25.1 Å². The molecule has 0 heterocycles. The maximum absolute atomic E-state index is 12.2. The van der Waals surface area contributed by atoms with E-state index < -0.39 is 17.0 Å². The molecule has 0 bridgehead atoms. The number of hydrogen-bond acceptors (Lipinski definition) is 7. The van der Waals surface area contributed by atoms with E-state index in [0.717, 1.165) is 0 Å². The van der Waals surface area contributed by atoms with Gasteiger partial charge in [-0.1, -0.05) is 24.3 Å². The van der Waals surface area contributed by atoms with Gasteiger partial charge >= 0.3 is 11.9 Å². The normalized spacial score (nSPS) is 9.88. The SMILES string of the molecule is CC(=O)Oc1cc(CO[N+](=O)[O-])ccc1C(=O)Oc1ccccc1. The molecule has 0 radical (unpaired) electrons. The van der Waals surface area contributed by atoms with Crippen molar-refractivity contribution >= 4 is 11.9 Å². The molecule has 0 aliphatic heterocycles. The first-order valence-corrected chi connectivity index (χ1v) is 6.81. The Morgan fingerprint density at radius 2 is 1.79 bits per heavy atom. The Morgan fingerprint density at radius 3 is 2.42 bits per heavy atom. The van der Waals surface area contributed by atoms with E-state index in [2.05, 4.69) is 4.84 Å². The molecule has 0 aliphatic carbocycles. The molecule has 8 heteroatoms. The van der Waals surface area contributed by atoms with Crippen molar-refractivity contribution in [2.45, 2.75) is 13.5 Å². The maximum atomic E-state index is 12.2. The van der Waals surface area contributed by atoms with E-state index in [1.807, 2.05) is 0 Å². The quantitative estimate of drug-likeness (QED) is 0.346. The lowest BCUT2D eigenvalue weighted by molar-refractivity contribution is -0.763. The lowest BCUT2D eigenvalue weighted by atomic mass is 10.1. The van der Waals surface area contributed by atoms with E-state index in [1.54, 1.807) is 30.3 Å². The summed E-state index contributed by atoms with van der Waals surface area (Å²) < 4.78 is 10.2. The molecular weight excluding hydrogens is 318 g/mol. The van der Waals surface area contributed by atoms with Crippen molar-refractivity contribution < 1.29 is 29.0 Å². The Balaban J connectivity index is 2.25. The van der Waals surface area contributed by atoms with Crippen molar-refractivity contribution in [3.05, 3.63) is 69.8 Å². The van der Waals surface area contributed by atoms with Crippen molar-refractivity contribution in [3.63, 3.8) is 0 Å². The van der Waals surface area contributed by atoms with Crippen molar-refractivity contribution in [2.24, 2.45) is 0 Å². The van der Waals surface area contributed by atoms with E-state index in [0.29, 0.717) is 11.3 Å². The molecule has 0 unspecified atom stereocenters. The summed E-state index contributed by atoms with van der Waals surface area (Å²) in [6.45, 7) is 0.835. The van der Waals surface area contributed by atoms with Crippen LogP contribution in [0.25, 0.3) is 0 Å². The van der Waals surface area contributed by atoms with Gasteiger partial charge in [0, 0.05) is 6.92 Å². The molecule has 24 heavy (non-hydrogen) atoms. The predicted molar refractivity (Wildman–Crippen MR) is 80.9 cm³/mol. The Kier molecular flexibility index (Phi) is 5.45. The topological polar surface area (TPSA) is 105 Å². The third-order valence-electron chi connectivity index (χ3n) is 2.81. The molecule has 0 amide bonds. The zero-order valence-corrected chi connectivity index (χ0v) is 12.6. The van der Waals surface area contributed by atoms with Crippen LogP contribution in [0, 0.1) is 10.1 Å². The van der Waals surface area contributed by atoms with Gasteiger partial charge in [0.15, 0.2) is 0 Å². The van der Waals surface area contributed by atoms with Gasteiger partial charge in [0.25, 0.3) is 5.09 Å². The Hall–Kier alpha value is -3.42. The van der Waals surface area contributed by atoms with Crippen LogP contribution in [0.5, 0.6) is 11.5 Å². The van der Waals surface area contributed by atoms with Gasteiger partial charge in [-0.05, 0) is 29.8 Å². The first kappa shape index (κ1) is 16.9. The minimum Gasteiger partial charge on any atom is -0.426 e. The highest BCUT2D eigenvalue weighted by atomic mass is 16.9. The average Bonchev–Trinajstić information content (AvgIpc) is 2.53. The second-order valence-corrected chi connectivity index (χ2v) is 4.62. The fourth-order valence-corrected chi connectivity index (χ4v) is 1.84. The van der Waals surface area contributed by atoms with E-state index in [-0.39, 0.29) is 17.9 Å². The number of esters is 2. The summed E-state index contributed by atoms with van der Waals surface area (Å²) in [6.07, 6.45) is 0. The van der Waals surface area contributed by atoms with Gasteiger partial charge in [0.1, 0.15) is 23.7 Å². The van der Waals surface area contributed by atoms with Crippen molar-refractivity contribution in [1.29, 1.82) is 0 Å². The molecule has 8 nitrogen and oxygen atoms in total. The largest absolute Gasteiger partial charge is 0.426 e. The fraction of sp³-hybridized carbons (Fsp3) is 0.125. The maximum Gasteiger partial charge on any atom is 0.347 e. The molecule has 0 aromatic heterocycles. The molecule has 0 aliphatic rings. The van der Waals surface area contributed by atoms with Gasteiger partial charge in [0.2, 0.25) is 0 Å². The number of rotatable bonds is 6. The van der Waals surface area contributed by atoms with Crippen molar-refractivity contribution in [1.82, 2.24) is 0 Å². The lowest BCUT2D eigenvalue weighted by Crippen LogP contribution is -2.13. The molecule has 0 saturated carbocycles. The van der Waals surface area contributed by atoms with Gasteiger partial charge in [-0.2, -0.15) is 0 Å². The van der Waals surface area contributed by atoms with Crippen molar-refractivity contribution in [3.8, 4) is 11.5 Å². The number of ether oxygens (including phenoxy) is 2. The summed E-state index contributed by atoms with van der Waals surface area (Å²) in [5.41, 5.74) is 0.373. The zero-order chi connectivity index (χ0) is 17.5. The minimum atomic E-state index is -0.941. The summed E-state index contributed by atoms with van der Waals surface area (Å²) in [4.78, 5) is 37.9. The predicted octanol–water partition coefficient (Wildman–Crippen LogP) is 2.54.